The second-order valence-corrected chi connectivity index (χ2v) is 5.06. The molecule has 0 aliphatic carbocycles. The Balaban J connectivity index is 2.46. The lowest BCUT2D eigenvalue weighted by Crippen LogP contribution is -2.32. The highest BCUT2D eigenvalue weighted by Gasteiger charge is 2.12. The van der Waals surface area contributed by atoms with Crippen molar-refractivity contribution < 1.29 is 19.0 Å². The molecule has 2 N–H and O–H groups in total. The molecule has 0 heterocycles. The Hall–Kier alpha value is -1.17. The molecule has 5 heteroatoms. The molecule has 0 amide bonds. The largest absolute Gasteiger partial charge is 0.494 e. The summed E-state index contributed by atoms with van der Waals surface area (Å²) >= 11 is 0. The maximum absolute atomic E-state index is 13.6. The Kier molecular flexibility index (Phi) is 6.91. The summed E-state index contributed by atoms with van der Waals surface area (Å²) in [6.45, 7) is 6.43. The minimum atomic E-state index is -0.581. The average Bonchev–Trinajstić information content (AvgIpc) is 2.42. The minimum absolute atomic E-state index is 0.0656. The van der Waals surface area contributed by atoms with E-state index in [1.807, 2.05) is 20.8 Å². The third-order valence-electron chi connectivity index (χ3n) is 2.96. The highest BCUT2D eigenvalue weighted by molar-refractivity contribution is 5.30. The molecule has 1 aromatic carbocycles. The van der Waals surface area contributed by atoms with Gasteiger partial charge in [-0.1, -0.05) is 6.07 Å². The van der Waals surface area contributed by atoms with Crippen molar-refractivity contribution in [3.63, 3.8) is 0 Å². The fraction of sp³-hybridized carbons (Fsp3) is 0.600. The number of hydrogen-bond acceptors (Lipinski definition) is 4. The van der Waals surface area contributed by atoms with Crippen LogP contribution in [0.5, 0.6) is 5.75 Å². The monoisotopic (exact) mass is 285 g/mol. The van der Waals surface area contributed by atoms with Gasteiger partial charge in [-0.05, 0) is 38.5 Å². The van der Waals surface area contributed by atoms with Crippen LogP contribution in [-0.4, -0.2) is 37.6 Å². The first-order chi connectivity index (χ1) is 9.43. The predicted octanol–water partition coefficient (Wildman–Crippen LogP) is 2.27. The zero-order valence-electron chi connectivity index (χ0n) is 12.5. The van der Waals surface area contributed by atoms with E-state index >= 15 is 0 Å². The fourth-order valence-corrected chi connectivity index (χ4v) is 1.75. The van der Waals surface area contributed by atoms with Crippen molar-refractivity contribution in [2.75, 3.05) is 20.3 Å². The normalized spacial score (nSPS) is 14.3. The van der Waals surface area contributed by atoms with E-state index in [2.05, 4.69) is 5.32 Å². The van der Waals surface area contributed by atoms with Crippen molar-refractivity contribution in [1.29, 1.82) is 0 Å². The minimum Gasteiger partial charge on any atom is -0.494 e. The molecule has 0 aromatic heterocycles. The molecule has 2 atom stereocenters. The Bertz CT molecular complexity index is 412. The zero-order chi connectivity index (χ0) is 15.1. The van der Waals surface area contributed by atoms with E-state index in [4.69, 9.17) is 9.47 Å². The number of halogens is 1. The summed E-state index contributed by atoms with van der Waals surface area (Å²) in [5, 5.41) is 12.9. The second kappa shape index (κ2) is 8.19. The van der Waals surface area contributed by atoms with Gasteiger partial charge >= 0.3 is 0 Å². The van der Waals surface area contributed by atoms with Crippen molar-refractivity contribution in [2.45, 2.75) is 39.0 Å². The van der Waals surface area contributed by atoms with Crippen LogP contribution >= 0.6 is 0 Å². The Morgan fingerprint density at radius 1 is 1.30 bits per heavy atom. The number of benzene rings is 1. The molecule has 1 aromatic rings. The van der Waals surface area contributed by atoms with Crippen molar-refractivity contribution in [3.8, 4) is 5.75 Å². The summed E-state index contributed by atoms with van der Waals surface area (Å²) in [7, 11) is 1.44. The second-order valence-electron chi connectivity index (χ2n) is 5.06. The molecule has 1 rings (SSSR count). The Morgan fingerprint density at radius 3 is 2.55 bits per heavy atom. The lowest BCUT2D eigenvalue weighted by Gasteiger charge is -2.19. The van der Waals surface area contributed by atoms with Crippen molar-refractivity contribution >= 4 is 0 Å². The van der Waals surface area contributed by atoms with Crippen molar-refractivity contribution in [1.82, 2.24) is 5.32 Å². The molecular formula is C15H24FNO3. The van der Waals surface area contributed by atoms with Crippen LogP contribution in [0.4, 0.5) is 4.39 Å². The topological polar surface area (TPSA) is 50.7 Å². The molecule has 0 fully saturated rings. The Labute approximate surface area is 119 Å². The molecule has 0 aliphatic rings. The first kappa shape index (κ1) is 16.9. The summed E-state index contributed by atoms with van der Waals surface area (Å²) < 4.78 is 23.8. The summed E-state index contributed by atoms with van der Waals surface area (Å²) in [6, 6.07) is 4.77. The van der Waals surface area contributed by atoms with Crippen LogP contribution in [0.3, 0.4) is 0 Å². The van der Waals surface area contributed by atoms with Crippen LogP contribution in [0.25, 0.3) is 0 Å². The zero-order valence-corrected chi connectivity index (χ0v) is 12.5. The quantitative estimate of drug-likeness (QED) is 0.769. The van der Waals surface area contributed by atoms with Crippen LogP contribution in [0.2, 0.25) is 0 Å². The first-order valence-electron chi connectivity index (χ1n) is 6.80. The maximum atomic E-state index is 13.6. The molecule has 0 spiro atoms. The SMILES string of the molecule is COc1ccc(C(C)NCC(O)COC(C)C)cc1F. The number of nitrogens with one attached hydrogen (secondary N) is 1. The number of methoxy groups -OCH3 is 1. The van der Waals surface area contributed by atoms with Gasteiger partial charge in [0, 0.05) is 12.6 Å². The van der Waals surface area contributed by atoms with E-state index in [1.54, 1.807) is 12.1 Å². The average molecular weight is 285 g/mol. The van der Waals surface area contributed by atoms with Gasteiger partial charge in [0.15, 0.2) is 11.6 Å². The van der Waals surface area contributed by atoms with Crippen molar-refractivity contribution in [3.05, 3.63) is 29.6 Å². The van der Waals surface area contributed by atoms with E-state index in [0.717, 1.165) is 5.56 Å². The standard InChI is InChI=1S/C15H24FNO3/c1-10(2)20-9-13(18)8-17-11(3)12-5-6-15(19-4)14(16)7-12/h5-7,10-11,13,17-18H,8-9H2,1-4H3. The van der Waals surface area contributed by atoms with Crippen LogP contribution < -0.4 is 10.1 Å². The number of aliphatic hydroxyl groups excluding tert-OH is 1. The maximum Gasteiger partial charge on any atom is 0.165 e. The number of hydrogen-bond donors (Lipinski definition) is 2. The molecule has 0 saturated heterocycles. The van der Waals surface area contributed by atoms with Gasteiger partial charge in [0.05, 0.1) is 25.9 Å². The third kappa shape index (κ3) is 5.45. The number of aliphatic hydroxyl groups is 1. The van der Waals surface area contributed by atoms with Gasteiger partial charge in [-0.3, -0.25) is 0 Å². The van der Waals surface area contributed by atoms with Gasteiger partial charge < -0.3 is 19.9 Å². The number of rotatable bonds is 8. The molecule has 4 nitrogen and oxygen atoms in total. The van der Waals surface area contributed by atoms with E-state index in [1.165, 1.54) is 13.2 Å². The lowest BCUT2D eigenvalue weighted by molar-refractivity contribution is 0.00560. The molecule has 2 unspecified atom stereocenters. The van der Waals surface area contributed by atoms with Gasteiger partial charge in [0.1, 0.15) is 0 Å². The highest BCUT2D eigenvalue weighted by Crippen LogP contribution is 2.21. The van der Waals surface area contributed by atoms with Gasteiger partial charge in [-0.15, -0.1) is 0 Å². The highest BCUT2D eigenvalue weighted by atomic mass is 19.1. The first-order valence-corrected chi connectivity index (χ1v) is 6.80. The number of ether oxygens (including phenoxy) is 2. The van der Waals surface area contributed by atoms with Crippen LogP contribution in [0.1, 0.15) is 32.4 Å². The van der Waals surface area contributed by atoms with Gasteiger partial charge in [-0.25, -0.2) is 4.39 Å². The summed E-state index contributed by atoms with van der Waals surface area (Å²) in [5.41, 5.74) is 0.806. The van der Waals surface area contributed by atoms with E-state index < -0.39 is 6.10 Å². The van der Waals surface area contributed by atoms with E-state index in [-0.39, 0.29) is 30.3 Å². The summed E-state index contributed by atoms with van der Waals surface area (Å²) in [5.74, 6) is -0.159. The van der Waals surface area contributed by atoms with Crippen LogP contribution in [0.15, 0.2) is 18.2 Å². The smallest absolute Gasteiger partial charge is 0.165 e. The molecular weight excluding hydrogens is 261 g/mol. The lowest BCUT2D eigenvalue weighted by atomic mass is 10.1. The Morgan fingerprint density at radius 2 is 2.00 bits per heavy atom. The molecule has 114 valence electrons. The van der Waals surface area contributed by atoms with Gasteiger partial charge in [-0.2, -0.15) is 0 Å². The summed E-state index contributed by atoms with van der Waals surface area (Å²) in [6.07, 6.45) is -0.485. The molecule has 0 saturated carbocycles. The van der Waals surface area contributed by atoms with E-state index in [0.29, 0.717) is 6.54 Å². The predicted molar refractivity (Wildman–Crippen MR) is 76.5 cm³/mol. The molecule has 0 radical (unpaired) electrons. The third-order valence-corrected chi connectivity index (χ3v) is 2.96. The molecule has 0 bridgehead atoms. The van der Waals surface area contributed by atoms with E-state index in [9.17, 15) is 9.50 Å². The van der Waals surface area contributed by atoms with Crippen molar-refractivity contribution in [2.24, 2.45) is 0 Å². The van der Waals surface area contributed by atoms with Gasteiger partial charge in [0.25, 0.3) is 0 Å². The van der Waals surface area contributed by atoms with Crippen LogP contribution in [0, 0.1) is 5.82 Å². The fourth-order valence-electron chi connectivity index (χ4n) is 1.75. The van der Waals surface area contributed by atoms with Gasteiger partial charge in [0.2, 0.25) is 0 Å². The van der Waals surface area contributed by atoms with Crippen LogP contribution in [-0.2, 0) is 4.74 Å². The molecule has 0 aliphatic heterocycles. The summed E-state index contributed by atoms with van der Waals surface area (Å²) in [4.78, 5) is 0. The molecule has 20 heavy (non-hydrogen) atoms.